The van der Waals surface area contributed by atoms with Gasteiger partial charge in [-0.2, -0.15) is 0 Å². The minimum atomic E-state index is -0.484. The Morgan fingerprint density at radius 2 is 2.32 bits per heavy atom. The minimum absolute atomic E-state index is 0.139. The van der Waals surface area contributed by atoms with Gasteiger partial charge in [-0.3, -0.25) is 14.2 Å². The number of carbonyl (C=O) groups is 1. The summed E-state index contributed by atoms with van der Waals surface area (Å²) < 4.78 is 6.28. The monoisotopic (exact) mass is 275 g/mol. The third-order valence-electron chi connectivity index (χ3n) is 2.75. The molecule has 0 fully saturated rings. The molecule has 3 rings (SSSR count). The number of nitrogens with zero attached hydrogens (tertiary/aromatic N) is 3. The first kappa shape index (κ1) is 11.8. The van der Waals surface area contributed by atoms with E-state index in [0.29, 0.717) is 10.2 Å². The normalized spacial score (nSPS) is 11.0. The molecule has 0 saturated carbocycles. The van der Waals surface area contributed by atoms with Crippen LogP contribution in [-0.4, -0.2) is 27.6 Å². The van der Waals surface area contributed by atoms with Crippen molar-refractivity contribution in [2.45, 2.75) is 6.54 Å². The second-order valence-corrected chi connectivity index (χ2v) is 4.89. The molecule has 3 aromatic heterocycles. The third kappa shape index (κ3) is 1.88. The van der Waals surface area contributed by atoms with Gasteiger partial charge in [-0.15, -0.1) is 11.3 Å². The molecule has 3 heterocycles. The Labute approximate surface area is 111 Å². The van der Waals surface area contributed by atoms with E-state index in [0.717, 1.165) is 10.2 Å². The number of esters is 1. The van der Waals surface area contributed by atoms with Crippen molar-refractivity contribution in [3.63, 3.8) is 0 Å². The fourth-order valence-corrected chi connectivity index (χ4v) is 2.86. The van der Waals surface area contributed by atoms with Crippen LogP contribution in [0.15, 0.2) is 29.5 Å². The van der Waals surface area contributed by atoms with Crippen LogP contribution >= 0.6 is 11.3 Å². The zero-order valence-corrected chi connectivity index (χ0v) is 10.8. The van der Waals surface area contributed by atoms with E-state index in [1.165, 1.54) is 29.3 Å². The van der Waals surface area contributed by atoms with E-state index in [9.17, 15) is 9.59 Å². The molecule has 96 valence electrons. The first-order chi connectivity index (χ1) is 9.20. The Kier molecular flexibility index (Phi) is 2.75. The number of carbonyl (C=O) groups excluding carboxylic acids is 1. The SMILES string of the molecule is COC(=O)Cn1cnc2c(sc3ncccc32)c1=O. The van der Waals surface area contributed by atoms with Crippen LogP contribution in [0.5, 0.6) is 0 Å². The van der Waals surface area contributed by atoms with Gasteiger partial charge >= 0.3 is 5.97 Å². The van der Waals surface area contributed by atoms with Crippen LogP contribution < -0.4 is 5.56 Å². The minimum Gasteiger partial charge on any atom is -0.468 e. The summed E-state index contributed by atoms with van der Waals surface area (Å²) in [6.45, 7) is -0.139. The molecule has 0 atom stereocenters. The molecule has 0 spiro atoms. The lowest BCUT2D eigenvalue weighted by atomic mass is 10.3. The Morgan fingerprint density at radius 1 is 1.47 bits per heavy atom. The summed E-state index contributed by atoms with van der Waals surface area (Å²) in [5, 5.41) is 0.852. The molecule has 0 bridgehead atoms. The molecule has 6 nitrogen and oxygen atoms in total. The van der Waals surface area contributed by atoms with Gasteiger partial charge in [-0.1, -0.05) is 0 Å². The quantitative estimate of drug-likeness (QED) is 0.656. The van der Waals surface area contributed by atoms with Crippen LogP contribution in [0.3, 0.4) is 0 Å². The van der Waals surface area contributed by atoms with Gasteiger partial charge in [0.05, 0.1) is 19.0 Å². The summed E-state index contributed by atoms with van der Waals surface area (Å²) >= 11 is 1.28. The van der Waals surface area contributed by atoms with E-state index in [1.807, 2.05) is 6.07 Å². The van der Waals surface area contributed by atoms with Gasteiger partial charge in [0, 0.05) is 11.6 Å². The van der Waals surface area contributed by atoms with E-state index in [4.69, 9.17) is 0 Å². The van der Waals surface area contributed by atoms with Gasteiger partial charge in [0.2, 0.25) is 0 Å². The number of thiophene rings is 1. The molecule has 0 aliphatic heterocycles. The van der Waals surface area contributed by atoms with Crippen molar-refractivity contribution in [1.82, 2.24) is 14.5 Å². The molecule has 0 unspecified atom stereocenters. The van der Waals surface area contributed by atoms with Crippen molar-refractivity contribution in [3.8, 4) is 0 Å². The highest BCUT2D eigenvalue weighted by atomic mass is 32.1. The average molecular weight is 275 g/mol. The number of aromatic nitrogens is 3. The van der Waals surface area contributed by atoms with Crippen molar-refractivity contribution in [2.75, 3.05) is 7.11 Å². The number of methoxy groups -OCH3 is 1. The average Bonchev–Trinajstić information content (AvgIpc) is 2.81. The van der Waals surface area contributed by atoms with Crippen LogP contribution in [0.25, 0.3) is 20.4 Å². The van der Waals surface area contributed by atoms with Crippen molar-refractivity contribution in [1.29, 1.82) is 0 Å². The number of ether oxygens (including phenoxy) is 1. The van der Waals surface area contributed by atoms with Crippen molar-refractivity contribution in [3.05, 3.63) is 35.0 Å². The molecule has 0 radical (unpaired) electrons. The van der Waals surface area contributed by atoms with Crippen LogP contribution in [0, 0.1) is 0 Å². The fraction of sp³-hybridized carbons (Fsp3) is 0.167. The molecule has 0 saturated heterocycles. The molecule has 0 aromatic carbocycles. The van der Waals surface area contributed by atoms with Crippen LogP contribution in [-0.2, 0) is 16.1 Å². The van der Waals surface area contributed by atoms with Crippen LogP contribution in [0.1, 0.15) is 0 Å². The largest absolute Gasteiger partial charge is 0.468 e. The molecule has 0 amide bonds. The van der Waals surface area contributed by atoms with Gasteiger partial charge in [0.25, 0.3) is 5.56 Å². The van der Waals surface area contributed by atoms with Crippen LogP contribution in [0.2, 0.25) is 0 Å². The summed E-state index contributed by atoms with van der Waals surface area (Å²) in [6, 6.07) is 3.68. The topological polar surface area (TPSA) is 74.1 Å². The molecule has 0 aliphatic carbocycles. The fourth-order valence-electron chi connectivity index (χ4n) is 1.82. The van der Waals surface area contributed by atoms with Crippen molar-refractivity contribution < 1.29 is 9.53 Å². The molecule has 0 aliphatic rings. The summed E-state index contributed by atoms with van der Waals surface area (Å²) in [5.41, 5.74) is 0.373. The van der Waals surface area contributed by atoms with E-state index in [1.54, 1.807) is 12.3 Å². The summed E-state index contributed by atoms with van der Waals surface area (Å²) in [6.07, 6.45) is 3.03. The number of hydrogen-bond donors (Lipinski definition) is 0. The lowest BCUT2D eigenvalue weighted by Crippen LogP contribution is -2.24. The summed E-state index contributed by atoms with van der Waals surface area (Å²) in [5.74, 6) is -0.484. The maximum Gasteiger partial charge on any atom is 0.325 e. The Balaban J connectivity index is 2.25. The maximum atomic E-state index is 12.2. The Morgan fingerprint density at radius 3 is 3.11 bits per heavy atom. The number of fused-ring (bicyclic) bond motifs is 3. The lowest BCUT2D eigenvalue weighted by Gasteiger charge is -2.02. The smallest absolute Gasteiger partial charge is 0.325 e. The standard InChI is InChI=1S/C12H9N3O3S/c1-18-8(16)5-15-6-14-9-7-3-2-4-13-11(7)19-10(9)12(15)17/h2-4,6H,5H2,1H3. The van der Waals surface area contributed by atoms with Gasteiger partial charge in [-0.05, 0) is 12.1 Å². The maximum absolute atomic E-state index is 12.2. The lowest BCUT2D eigenvalue weighted by molar-refractivity contribution is -0.141. The van der Waals surface area contributed by atoms with Crippen molar-refractivity contribution >= 4 is 37.7 Å². The van der Waals surface area contributed by atoms with Gasteiger partial charge in [0.1, 0.15) is 16.1 Å². The number of rotatable bonds is 2. The molecule has 0 N–H and O–H groups in total. The zero-order chi connectivity index (χ0) is 13.4. The predicted octanol–water partition coefficient (Wildman–Crippen LogP) is 1.18. The molecular weight excluding hydrogens is 266 g/mol. The first-order valence-electron chi connectivity index (χ1n) is 5.50. The van der Waals surface area contributed by atoms with Gasteiger partial charge in [-0.25, -0.2) is 9.97 Å². The number of hydrogen-bond acceptors (Lipinski definition) is 6. The number of pyridine rings is 1. The van der Waals surface area contributed by atoms with E-state index in [-0.39, 0.29) is 12.1 Å². The highest BCUT2D eigenvalue weighted by molar-refractivity contribution is 7.25. The van der Waals surface area contributed by atoms with Crippen LogP contribution in [0.4, 0.5) is 0 Å². The highest BCUT2D eigenvalue weighted by Crippen LogP contribution is 2.27. The highest BCUT2D eigenvalue weighted by Gasteiger charge is 2.13. The summed E-state index contributed by atoms with van der Waals surface area (Å²) in [7, 11) is 1.28. The predicted molar refractivity (Wildman–Crippen MR) is 71.2 cm³/mol. The van der Waals surface area contributed by atoms with E-state index >= 15 is 0 Å². The summed E-state index contributed by atoms with van der Waals surface area (Å²) in [4.78, 5) is 32.7. The van der Waals surface area contributed by atoms with Gasteiger partial charge < -0.3 is 4.74 Å². The Hall–Kier alpha value is -2.28. The zero-order valence-electron chi connectivity index (χ0n) is 9.99. The van der Waals surface area contributed by atoms with E-state index in [2.05, 4.69) is 14.7 Å². The van der Waals surface area contributed by atoms with Crippen molar-refractivity contribution in [2.24, 2.45) is 0 Å². The molecule has 19 heavy (non-hydrogen) atoms. The second-order valence-electron chi connectivity index (χ2n) is 3.89. The molecule has 7 heteroatoms. The van der Waals surface area contributed by atoms with E-state index < -0.39 is 5.97 Å². The Bertz CT molecular complexity index is 837. The molecular formula is C12H9N3O3S. The third-order valence-corrected chi connectivity index (χ3v) is 3.84. The van der Waals surface area contributed by atoms with Gasteiger partial charge in [0.15, 0.2) is 0 Å². The first-order valence-corrected chi connectivity index (χ1v) is 6.32. The molecule has 3 aromatic rings. The second kappa shape index (κ2) is 4.43.